The van der Waals surface area contributed by atoms with Gasteiger partial charge in [-0.25, -0.2) is 9.59 Å². The van der Waals surface area contributed by atoms with Gasteiger partial charge >= 0.3 is 11.9 Å². The maximum absolute atomic E-state index is 13.2. The molecule has 0 saturated carbocycles. The molecule has 0 unspecified atom stereocenters. The van der Waals surface area contributed by atoms with E-state index in [1.54, 1.807) is 50.2 Å². The first-order valence-corrected chi connectivity index (χ1v) is 15.4. The maximum atomic E-state index is 13.2. The molecule has 4 aromatic rings. The maximum Gasteiger partial charge on any atom is 0.519 e. The minimum Gasteiger partial charge on any atom is -0.492 e. The molecule has 15 heteroatoms. The highest BCUT2D eigenvalue weighted by Crippen LogP contribution is 2.26. The van der Waals surface area contributed by atoms with E-state index in [9.17, 15) is 14.4 Å². The van der Waals surface area contributed by atoms with Crippen molar-refractivity contribution in [3.05, 3.63) is 86.6 Å². The Kier molecular flexibility index (Phi) is 10.3. The predicted molar refractivity (Wildman–Crippen MR) is 173 cm³/mol. The molecule has 4 aliphatic heterocycles. The molecule has 3 N–H and O–H groups in total. The van der Waals surface area contributed by atoms with Crippen LogP contribution in [-0.2, 0) is 17.9 Å². The second-order valence-corrected chi connectivity index (χ2v) is 12.2. The lowest BCUT2D eigenvalue weighted by atomic mass is 9.92. The number of benzene rings is 2. The average Bonchev–Trinajstić information content (AvgIpc) is 3.35. The zero-order valence-corrected chi connectivity index (χ0v) is 27.3. The van der Waals surface area contributed by atoms with Gasteiger partial charge in [0.2, 0.25) is 11.9 Å². The molecule has 0 fully saturated rings. The molecule has 6 bridgehead atoms. The third-order valence-corrected chi connectivity index (χ3v) is 7.49. The van der Waals surface area contributed by atoms with Gasteiger partial charge in [0.15, 0.2) is 18.1 Å². The summed E-state index contributed by atoms with van der Waals surface area (Å²) < 4.78 is 21.2. The second kappa shape index (κ2) is 14.5. The van der Waals surface area contributed by atoms with Crippen molar-refractivity contribution in [2.45, 2.75) is 47.3 Å². The van der Waals surface area contributed by atoms with Crippen molar-refractivity contribution in [3.8, 4) is 5.75 Å². The molecule has 2 amide bonds. The number of carbonyl (C=O) groups is 2. The fourth-order valence-corrected chi connectivity index (χ4v) is 5.05. The van der Waals surface area contributed by atoms with Crippen LogP contribution in [0.1, 0.15) is 53.5 Å². The number of nitrogens with zero attached hydrogens (tertiary/aromatic N) is 4. The van der Waals surface area contributed by atoms with Crippen molar-refractivity contribution < 1.29 is 27.9 Å². The Morgan fingerprint density at radius 3 is 2.51 bits per heavy atom. The normalized spacial score (nSPS) is 15.5. The molecule has 0 radical (unpaired) electrons. The minimum absolute atomic E-state index is 0.130. The average molecular weight is 666 g/mol. The number of hydrogen-bond acceptors (Lipinski definition) is 12. The van der Waals surface area contributed by atoms with Gasteiger partial charge in [-0.2, -0.15) is 15.0 Å². The van der Waals surface area contributed by atoms with E-state index in [1.165, 1.54) is 4.90 Å². The molecule has 0 spiro atoms. The van der Waals surface area contributed by atoms with Crippen LogP contribution in [0.4, 0.5) is 22.4 Å². The lowest BCUT2D eigenvalue weighted by molar-refractivity contribution is 0.0719. The molecule has 2 aromatic heterocycles. The van der Waals surface area contributed by atoms with E-state index in [-0.39, 0.29) is 50.3 Å². The highest BCUT2D eigenvalue weighted by atomic mass is 35.5. The van der Waals surface area contributed by atoms with Crippen LogP contribution in [0.2, 0.25) is 5.02 Å². The molecule has 0 saturated heterocycles. The van der Waals surface area contributed by atoms with E-state index in [0.717, 1.165) is 5.56 Å². The van der Waals surface area contributed by atoms with Gasteiger partial charge in [-0.3, -0.25) is 4.79 Å². The molecule has 6 heterocycles. The number of hydrogen-bond donors (Lipinski definition) is 3. The Balaban J connectivity index is 1.35. The summed E-state index contributed by atoms with van der Waals surface area (Å²) in [5.41, 5.74) is 1.49. The number of carbonyl (C=O) groups excluding carboxylic acids is 2. The lowest BCUT2D eigenvalue weighted by Crippen LogP contribution is -2.45. The summed E-state index contributed by atoms with van der Waals surface area (Å²) >= 11 is 6.53. The Morgan fingerprint density at radius 2 is 1.79 bits per heavy atom. The summed E-state index contributed by atoms with van der Waals surface area (Å²) in [5, 5.41) is 9.74. The van der Waals surface area contributed by atoms with Crippen LogP contribution in [0, 0.1) is 19.3 Å². The third-order valence-electron chi connectivity index (χ3n) is 7.19. The molecule has 8 rings (SSSR count). The van der Waals surface area contributed by atoms with Crippen LogP contribution in [0.5, 0.6) is 5.75 Å². The smallest absolute Gasteiger partial charge is 0.492 e. The topological polar surface area (TPSA) is 174 Å². The number of anilines is 3. The molecule has 248 valence electrons. The monoisotopic (exact) mass is 665 g/mol. The Hall–Kier alpha value is -5.11. The lowest BCUT2D eigenvalue weighted by Gasteiger charge is -2.32. The van der Waals surface area contributed by atoms with Crippen LogP contribution in [0.3, 0.4) is 0 Å². The van der Waals surface area contributed by atoms with Gasteiger partial charge in [-0.15, -0.1) is 0 Å². The zero-order valence-electron chi connectivity index (χ0n) is 26.5. The van der Waals surface area contributed by atoms with Gasteiger partial charge in [-0.1, -0.05) is 31.5 Å². The molecule has 14 nitrogen and oxygen atoms in total. The zero-order chi connectivity index (χ0) is 33.6. The van der Waals surface area contributed by atoms with Gasteiger partial charge in [0.05, 0.1) is 11.6 Å². The SMILES string of the molecule is Cc1nc2nc(n1)Nc1ccc(cc1)C(=O)NCC(C)(C)CN(C(=O)OCc1oc(=O)oc1C)CCCOc1ccc(cc1Cl)CN2. The Labute approximate surface area is 275 Å². The summed E-state index contributed by atoms with van der Waals surface area (Å²) in [6.45, 7) is 8.39. The van der Waals surface area contributed by atoms with Gasteiger partial charge < -0.3 is 39.2 Å². The van der Waals surface area contributed by atoms with Gasteiger partial charge in [0.1, 0.15) is 11.6 Å². The number of nitrogens with one attached hydrogen (secondary N) is 3. The highest BCUT2D eigenvalue weighted by Gasteiger charge is 2.27. The van der Waals surface area contributed by atoms with E-state index in [2.05, 4.69) is 30.9 Å². The number of rotatable bonds is 2. The van der Waals surface area contributed by atoms with E-state index in [1.807, 2.05) is 19.9 Å². The van der Waals surface area contributed by atoms with Crippen molar-refractivity contribution in [2.24, 2.45) is 5.41 Å². The summed E-state index contributed by atoms with van der Waals surface area (Å²) in [5.74, 6) is 0.995. The molecule has 0 aliphatic carbocycles. The summed E-state index contributed by atoms with van der Waals surface area (Å²) in [7, 11) is 0. The van der Waals surface area contributed by atoms with E-state index in [4.69, 9.17) is 29.9 Å². The highest BCUT2D eigenvalue weighted by molar-refractivity contribution is 6.32. The van der Waals surface area contributed by atoms with Crippen LogP contribution in [0.15, 0.2) is 56.1 Å². The van der Waals surface area contributed by atoms with Crippen LogP contribution in [0.25, 0.3) is 0 Å². The van der Waals surface area contributed by atoms with E-state index in [0.29, 0.717) is 52.7 Å². The standard InChI is InChI=1S/C32H36ClN7O7/c1-19-26(47-31(43)46-19)16-45-30(42)40-12-5-13-44-25-11-6-21(14-24(25)33)15-34-28-36-20(2)37-29(39-28)38-23-9-7-22(8-10-23)27(41)35-17-32(3,4)18-40/h6-11,14H,5,12-13,15-18H2,1-4H3,(H,35,41)(H2,34,36,37,38,39). The number of halogens is 1. The third kappa shape index (κ3) is 9.22. The second-order valence-electron chi connectivity index (χ2n) is 11.8. The van der Waals surface area contributed by atoms with E-state index >= 15 is 0 Å². The van der Waals surface area contributed by atoms with Crippen molar-refractivity contribution in [3.63, 3.8) is 0 Å². The quantitative estimate of drug-likeness (QED) is 0.255. The number of aryl methyl sites for hydroxylation is 2. The Bertz CT molecular complexity index is 1790. The number of aromatic nitrogens is 3. The molecule has 0 atom stereocenters. The van der Waals surface area contributed by atoms with Gasteiger partial charge in [0.25, 0.3) is 5.91 Å². The largest absolute Gasteiger partial charge is 0.519 e. The summed E-state index contributed by atoms with van der Waals surface area (Å²) in [4.78, 5) is 52.4. The fourth-order valence-electron chi connectivity index (χ4n) is 4.79. The summed E-state index contributed by atoms with van der Waals surface area (Å²) in [6.07, 6.45) is -0.163. The molecule has 2 aromatic carbocycles. The summed E-state index contributed by atoms with van der Waals surface area (Å²) in [6, 6.07) is 12.4. The van der Waals surface area contributed by atoms with E-state index < -0.39 is 17.3 Å². The Morgan fingerprint density at radius 1 is 1.02 bits per heavy atom. The van der Waals surface area contributed by atoms with Gasteiger partial charge in [-0.05, 0) is 67.6 Å². The number of ether oxygens (including phenoxy) is 2. The molecule has 47 heavy (non-hydrogen) atoms. The van der Waals surface area contributed by atoms with Crippen molar-refractivity contribution in [1.82, 2.24) is 25.2 Å². The molecular weight excluding hydrogens is 630 g/mol. The molecular formula is C32H36ClN7O7. The number of amides is 2. The fraction of sp³-hybridized carbons (Fsp3) is 0.375. The van der Waals surface area contributed by atoms with Crippen molar-refractivity contribution >= 4 is 41.2 Å². The van der Waals surface area contributed by atoms with Crippen molar-refractivity contribution in [1.29, 1.82) is 0 Å². The van der Waals surface area contributed by atoms with Crippen LogP contribution < -0.4 is 26.5 Å². The van der Waals surface area contributed by atoms with Gasteiger partial charge in [0, 0.05) is 37.4 Å². The first-order chi connectivity index (χ1) is 22.4. The molecule has 4 aliphatic rings. The first-order valence-electron chi connectivity index (χ1n) is 15.0. The van der Waals surface area contributed by atoms with Crippen LogP contribution in [-0.4, -0.2) is 58.1 Å². The van der Waals surface area contributed by atoms with Crippen molar-refractivity contribution in [2.75, 3.05) is 36.9 Å². The van der Waals surface area contributed by atoms with Crippen LogP contribution >= 0.6 is 11.6 Å². The first kappa shape index (κ1) is 33.3. The predicted octanol–water partition coefficient (Wildman–Crippen LogP) is 5.22. The minimum atomic E-state index is -0.868.